The first kappa shape index (κ1) is 24.9. The quantitative estimate of drug-likeness (QED) is 0.289. The minimum absolute atomic E-state index is 0.0481. The minimum Gasteiger partial charge on any atom is -0.429 e. The van der Waals surface area contributed by atoms with Crippen LogP contribution in [0.4, 0.5) is 26.3 Å². The van der Waals surface area contributed by atoms with Crippen LogP contribution < -0.4 is 4.74 Å². The van der Waals surface area contributed by atoms with E-state index in [0.717, 1.165) is 56.6 Å². The lowest BCUT2D eigenvalue weighted by Gasteiger charge is -2.29. The van der Waals surface area contributed by atoms with Gasteiger partial charge in [-0.1, -0.05) is 31.9 Å². The Hall–Kier alpha value is -2.22. The molecule has 0 radical (unpaired) electrons. The molecule has 1 heterocycles. The highest BCUT2D eigenvalue weighted by Gasteiger charge is 2.50. The lowest BCUT2D eigenvalue weighted by atomic mass is 9.77. The molecule has 0 amide bonds. The molecule has 1 aliphatic carbocycles. The number of rotatable bonds is 7. The number of epoxide rings is 1. The number of aryl methyl sites for hydroxylation is 1. The molecule has 2 fully saturated rings. The highest BCUT2D eigenvalue weighted by molar-refractivity contribution is 5.45. The van der Waals surface area contributed by atoms with Crippen molar-refractivity contribution < 1.29 is 35.8 Å². The van der Waals surface area contributed by atoms with Crippen molar-refractivity contribution in [2.24, 2.45) is 5.92 Å². The topological polar surface area (TPSA) is 21.8 Å². The average molecular weight is 486 g/mol. The van der Waals surface area contributed by atoms with Gasteiger partial charge in [0.25, 0.3) is 0 Å². The maximum atomic E-state index is 15.1. The average Bonchev–Trinajstić information content (AvgIpc) is 3.60. The van der Waals surface area contributed by atoms with E-state index < -0.39 is 40.9 Å². The van der Waals surface area contributed by atoms with Gasteiger partial charge in [0.1, 0.15) is 23.2 Å². The molecule has 2 aliphatic rings. The van der Waals surface area contributed by atoms with E-state index in [1.54, 1.807) is 12.1 Å². The first-order valence-corrected chi connectivity index (χ1v) is 11.7. The number of hydrogen-bond donors (Lipinski definition) is 0. The van der Waals surface area contributed by atoms with Crippen molar-refractivity contribution in [3.05, 3.63) is 64.0 Å². The first-order valence-electron chi connectivity index (χ1n) is 11.7. The zero-order chi connectivity index (χ0) is 24.7. The Balaban J connectivity index is 1.56. The molecule has 1 saturated carbocycles. The van der Waals surface area contributed by atoms with Crippen molar-refractivity contribution in [3.8, 4) is 5.75 Å². The Labute approximate surface area is 195 Å². The number of ether oxygens (including phenoxy) is 2. The van der Waals surface area contributed by atoms with Crippen LogP contribution in [0.5, 0.6) is 5.75 Å². The van der Waals surface area contributed by atoms with Crippen molar-refractivity contribution in [2.45, 2.75) is 76.7 Å². The van der Waals surface area contributed by atoms with E-state index in [0.29, 0.717) is 5.92 Å². The van der Waals surface area contributed by atoms with E-state index in [-0.39, 0.29) is 17.9 Å². The molecular formula is C26H28F6O2. The first-order chi connectivity index (χ1) is 16.0. The van der Waals surface area contributed by atoms with E-state index >= 15 is 8.78 Å². The molecule has 1 atom stereocenters. The fourth-order valence-corrected chi connectivity index (χ4v) is 5.12. The van der Waals surface area contributed by atoms with Gasteiger partial charge in [0, 0.05) is 5.56 Å². The van der Waals surface area contributed by atoms with Crippen LogP contribution in [-0.2, 0) is 17.0 Å². The molecule has 0 N–H and O–H groups in total. The van der Waals surface area contributed by atoms with E-state index in [1.165, 1.54) is 18.6 Å². The Morgan fingerprint density at radius 3 is 2.12 bits per heavy atom. The lowest BCUT2D eigenvalue weighted by molar-refractivity contribution is -0.196. The predicted molar refractivity (Wildman–Crippen MR) is 115 cm³/mol. The molecule has 2 nitrogen and oxygen atoms in total. The summed E-state index contributed by atoms with van der Waals surface area (Å²) in [5, 5.41) is 0. The van der Waals surface area contributed by atoms with Crippen molar-refractivity contribution >= 4 is 0 Å². The molecule has 1 saturated heterocycles. The van der Waals surface area contributed by atoms with Gasteiger partial charge in [0.05, 0.1) is 12.2 Å². The van der Waals surface area contributed by atoms with E-state index in [9.17, 15) is 17.6 Å². The highest BCUT2D eigenvalue weighted by atomic mass is 19.4. The molecule has 2 aromatic carbocycles. The van der Waals surface area contributed by atoms with Crippen molar-refractivity contribution in [1.29, 1.82) is 0 Å². The normalized spacial score (nSPS) is 23.1. The molecule has 34 heavy (non-hydrogen) atoms. The molecular weight excluding hydrogens is 458 g/mol. The van der Waals surface area contributed by atoms with Crippen molar-refractivity contribution in [2.75, 3.05) is 6.61 Å². The summed E-state index contributed by atoms with van der Waals surface area (Å²) in [6.45, 7) is 3.31. The van der Waals surface area contributed by atoms with Gasteiger partial charge in [0.2, 0.25) is 0 Å². The summed E-state index contributed by atoms with van der Waals surface area (Å²) in [6, 6.07) is 7.02. The molecule has 1 aliphatic heterocycles. The van der Waals surface area contributed by atoms with E-state index in [4.69, 9.17) is 9.47 Å². The van der Waals surface area contributed by atoms with Gasteiger partial charge in [-0.3, -0.25) is 0 Å². The van der Waals surface area contributed by atoms with Crippen LogP contribution in [0.3, 0.4) is 0 Å². The van der Waals surface area contributed by atoms with E-state index in [2.05, 4.69) is 6.92 Å². The number of hydrogen-bond acceptors (Lipinski definition) is 2. The third kappa shape index (κ3) is 5.21. The maximum Gasteiger partial charge on any atom is 0.427 e. The maximum absolute atomic E-state index is 15.1. The van der Waals surface area contributed by atoms with Crippen molar-refractivity contribution in [1.82, 2.24) is 0 Å². The summed E-state index contributed by atoms with van der Waals surface area (Å²) in [5.41, 5.74) is -3.31. The van der Waals surface area contributed by atoms with Crippen LogP contribution in [0.15, 0.2) is 30.3 Å². The van der Waals surface area contributed by atoms with Gasteiger partial charge in [-0.2, -0.15) is 22.0 Å². The summed E-state index contributed by atoms with van der Waals surface area (Å²) in [7, 11) is 0. The minimum atomic E-state index is -5.33. The number of halogens is 6. The molecule has 2 aromatic rings. The Bertz CT molecular complexity index is 1000. The Kier molecular flexibility index (Phi) is 6.91. The molecule has 186 valence electrons. The van der Waals surface area contributed by atoms with Crippen LogP contribution in [0.25, 0.3) is 0 Å². The molecule has 0 aromatic heterocycles. The SMILES string of the molecule is CCCC1CCC(c2ccc(OC(F)(F)c3c(C)cc(C4CO4)c(F)c3C(F)(F)F)cc2)CC1. The van der Waals surface area contributed by atoms with Gasteiger partial charge in [-0.15, -0.1) is 0 Å². The summed E-state index contributed by atoms with van der Waals surface area (Å²) in [5.74, 6) is -0.969. The van der Waals surface area contributed by atoms with Gasteiger partial charge in [-0.25, -0.2) is 4.39 Å². The van der Waals surface area contributed by atoms with Gasteiger partial charge in [-0.05, 0) is 73.8 Å². The van der Waals surface area contributed by atoms with Crippen LogP contribution in [0.1, 0.15) is 85.3 Å². The summed E-state index contributed by atoms with van der Waals surface area (Å²) >= 11 is 0. The molecule has 8 heteroatoms. The fraction of sp³-hybridized carbons (Fsp3) is 0.538. The molecule has 4 rings (SSSR count). The second-order valence-corrected chi connectivity index (χ2v) is 9.36. The number of alkyl halides is 5. The highest BCUT2D eigenvalue weighted by Crippen LogP contribution is 2.47. The Morgan fingerprint density at radius 1 is 0.971 bits per heavy atom. The molecule has 0 spiro atoms. The van der Waals surface area contributed by atoms with Crippen LogP contribution >= 0.6 is 0 Å². The lowest BCUT2D eigenvalue weighted by Crippen LogP contribution is -2.29. The summed E-state index contributed by atoms with van der Waals surface area (Å²) < 4.78 is 95.5. The summed E-state index contributed by atoms with van der Waals surface area (Å²) in [4.78, 5) is 0. The van der Waals surface area contributed by atoms with Gasteiger partial charge < -0.3 is 9.47 Å². The zero-order valence-electron chi connectivity index (χ0n) is 19.2. The van der Waals surface area contributed by atoms with Gasteiger partial charge >= 0.3 is 12.3 Å². The van der Waals surface area contributed by atoms with Gasteiger partial charge in [0.15, 0.2) is 0 Å². The zero-order valence-corrected chi connectivity index (χ0v) is 19.2. The third-order valence-corrected chi connectivity index (χ3v) is 6.89. The Morgan fingerprint density at radius 2 is 1.59 bits per heavy atom. The van der Waals surface area contributed by atoms with Crippen LogP contribution in [0, 0.1) is 18.7 Å². The van der Waals surface area contributed by atoms with E-state index in [1.807, 2.05) is 0 Å². The second-order valence-electron chi connectivity index (χ2n) is 9.36. The standard InChI is InChI=1S/C26H28F6O2/c1-3-4-16-5-7-17(8-6-16)18-9-11-19(12-10-18)34-26(31,32)22-15(2)13-20(21-14-33-21)24(27)23(22)25(28,29)30/h9-13,16-17,21H,3-8,14H2,1-2H3. The van der Waals surface area contributed by atoms with Crippen LogP contribution in [-0.4, -0.2) is 6.61 Å². The predicted octanol–water partition coefficient (Wildman–Crippen LogP) is 8.43. The third-order valence-electron chi connectivity index (χ3n) is 6.89. The summed E-state index contributed by atoms with van der Waals surface area (Å²) in [6.07, 6.45) is -3.91. The van der Waals surface area contributed by atoms with Crippen molar-refractivity contribution in [3.63, 3.8) is 0 Å². The second kappa shape index (κ2) is 9.44. The fourth-order valence-electron chi connectivity index (χ4n) is 5.12. The number of benzene rings is 2. The molecule has 0 bridgehead atoms. The largest absolute Gasteiger partial charge is 0.429 e. The smallest absolute Gasteiger partial charge is 0.427 e. The molecule has 1 unspecified atom stereocenters. The van der Waals surface area contributed by atoms with Crippen LogP contribution in [0.2, 0.25) is 0 Å². The monoisotopic (exact) mass is 486 g/mol.